The standard InChI is InChI=1S/C32H26O6/c1-19-7-5-9-23(15-19)29(33)27-17-21(3)11-13-25(27)31(35)37-38-32(36)26-14-12-22(4)18-28(26)30(34)24-10-6-8-20(2)16-24/h5-18H,1-4H3. The van der Waals surface area contributed by atoms with Gasteiger partial charge < -0.3 is 0 Å². The zero-order chi connectivity index (χ0) is 27.4. The van der Waals surface area contributed by atoms with E-state index in [0.29, 0.717) is 11.1 Å². The van der Waals surface area contributed by atoms with Gasteiger partial charge in [-0.25, -0.2) is 19.4 Å². The van der Waals surface area contributed by atoms with Gasteiger partial charge in [-0.1, -0.05) is 70.8 Å². The van der Waals surface area contributed by atoms with Crippen LogP contribution in [0.25, 0.3) is 0 Å². The van der Waals surface area contributed by atoms with Gasteiger partial charge in [-0.15, -0.1) is 0 Å². The predicted octanol–water partition coefficient (Wildman–Crippen LogP) is 6.31. The highest BCUT2D eigenvalue weighted by atomic mass is 17.2. The summed E-state index contributed by atoms with van der Waals surface area (Å²) in [4.78, 5) is 62.0. The number of ketones is 2. The topological polar surface area (TPSA) is 86.7 Å². The second-order valence-corrected chi connectivity index (χ2v) is 9.24. The lowest BCUT2D eigenvalue weighted by Gasteiger charge is -2.11. The van der Waals surface area contributed by atoms with Crippen molar-refractivity contribution < 1.29 is 29.0 Å². The molecule has 4 aromatic carbocycles. The van der Waals surface area contributed by atoms with E-state index in [1.54, 1.807) is 74.5 Å². The molecular formula is C32H26O6. The second kappa shape index (κ2) is 11.0. The van der Waals surface area contributed by atoms with E-state index in [1.165, 1.54) is 12.1 Å². The minimum Gasteiger partial charge on any atom is -0.289 e. The Hall–Kier alpha value is -4.84. The molecule has 0 aliphatic carbocycles. The average Bonchev–Trinajstić information content (AvgIpc) is 2.90. The summed E-state index contributed by atoms with van der Waals surface area (Å²) < 4.78 is 0. The van der Waals surface area contributed by atoms with Gasteiger partial charge in [0, 0.05) is 22.3 Å². The fraction of sp³-hybridized carbons (Fsp3) is 0.125. The molecule has 0 atom stereocenters. The highest BCUT2D eigenvalue weighted by molar-refractivity contribution is 6.15. The Morgan fingerprint density at radius 2 is 0.816 bits per heavy atom. The third kappa shape index (κ3) is 5.76. The molecule has 0 radical (unpaired) electrons. The molecular weight excluding hydrogens is 480 g/mol. The van der Waals surface area contributed by atoms with Gasteiger partial charge in [-0.05, 0) is 64.1 Å². The molecule has 0 bridgehead atoms. The number of hydrogen-bond acceptors (Lipinski definition) is 6. The van der Waals surface area contributed by atoms with E-state index in [1.807, 2.05) is 26.0 Å². The first-order valence-electron chi connectivity index (χ1n) is 12.0. The predicted molar refractivity (Wildman–Crippen MR) is 142 cm³/mol. The average molecular weight is 507 g/mol. The van der Waals surface area contributed by atoms with Crippen LogP contribution in [0.15, 0.2) is 84.9 Å². The van der Waals surface area contributed by atoms with Gasteiger partial charge in [0.25, 0.3) is 0 Å². The third-order valence-electron chi connectivity index (χ3n) is 6.03. The van der Waals surface area contributed by atoms with Crippen LogP contribution in [0.3, 0.4) is 0 Å². The first kappa shape index (κ1) is 26.2. The summed E-state index contributed by atoms with van der Waals surface area (Å²) in [6, 6.07) is 23.4. The summed E-state index contributed by atoms with van der Waals surface area (Å²) in [5, 5.41) is 0. The largest absolute Gasteiger partial charge is 0.387 e. The molecule has 0 saturated heterocycles. The minimum absolute atomic E-state index is 0.0464. The van der Waals surface area contributed by atoms with Gasteiger partial charge in [-0.2, -0.15) is 0 Å². The van der Waals surface area contributed by atoms with Crippen molar-refractivity contribution in [2.75, 3.05) is 0 Å². The molecule has 0 fully saturated rings. The molecule has 0 aliphatic rings. The first-order valence-corrected chi connectivity index (χ1v) is 12.0. The van der Waals surface area contributed by atoms with Crippen molar-refractivity contribution in [1.82, 2.24) is 0 Å². The van der Waals surface area contributed by atoms with Gasteiger partial charge in [0.1, 0.15) is 0 Å². The normalized spacial score (nSPS) is 10.5. The second-order valence-electron chi connectivity index (χ2n) is 9.24. The first-order chi connectivity index (χ1) is 18.1. The molecule has 0 saturated carbocycles. The molecule has 38 heavy (non-hydrogen) atoms. The SMILES string of the molecule is Cc1cccc(C(=O)c2cc(C)ccc2C(=O)OOC(=O)c2ccc(C)cc2C(=O)c2cccc(C)c2)c1. The molecule has 0 heterocycles. The molecule has 190 valence electrons. The molecule has 0 aromatic heterocycles. The Kier molecular flexibility index (Phi) is 7.63. The van der Waals surface area contributed by atoms with Crippen molar-refractivity contribution in [3.05, 3.63) is 141 Å². The Balaban J connectivity index is 1.58. The van der Waals surface area contributed by atoms with Gasteiger partial charge in [0.2, 0.25) is 0 Å². The maximum Gasteiger partial charge on any atom is 0.387 e. The zero-order valence-electron chi connectivity index (χ0n) is 21.5. The molecule has 4 rings (SSSR count). The minimum atomic E-state index is -1.01. The molecule has 6 heteroatoms. The number of carbonyl (C=O) groups excluding carboxylic acids is 4. The highest BCUT2D eigenvalue weighted by Gasteiger charge is 2.25. The molecule has 0 N–H and O–H groups in total. The Bertz CT molecular complexity index is 1460. The van der Waals surface area contributed by atoms with E-state index in [9.17, 15) is 19.2 Å². The van der Waals surface area contributed by atoms with Gasteiger partial charge in [0.15, 0.2) is 11.6 Å². The van der Waals surface area contributed by atoms with E-state index in [2.05, 4.69) is 0 Å². The summed E-state index contributed by atoms with van der Waals surface area (Å²) in [6.07, 6.45) is 0. The lowest BCUT2D eigenvalue weighted by atomic mass is 9.95. The van der Waals surface area contributed by atoms with E-state index in [4.69, 9.17) is 9.78 Å². The summed E-state index contributed by atoms with van der Waals surface area (Å²) in [7, 11) is 0. The Morgan fingerprint density at radius 1 is 0.447 bits per heavy atom. The quantitative estimate of drug-likeness (QED) is 0.173. The Morgan fingerprint density at radius 3 is 1.18 bits per heavy atom. The summed E-state index contributed by atoms with van der Waals surface area (Å²) >= 11 is 0. The number of rotatable bonds is 6. The number of carbonyl (C=O) groups is 4. The van der Waals surface area contributed by atoms with Crippen molar-refractivity contribution in [1.29, 1.82) is 0 Å². The zero-order valence-corrected chi connectivity index (χ0v) is 21.5. The van der Waals surface area contributed by atoms with Crippen molar-refractivity contribution in [3.8, 4) is 0 Å². The van der Waals surface area contributed by atoms with E-state index >= 15 is 0 Å². The molecule has 0 aliphatic heterocycles. The smallest absolute Gasteiger partial charge is 0.289 e. The van der Waals surface area contributed by atoms with Crippen LogP contribution in [-0.4, -0.2) is 23.5 Å². The van der Waals surface area contributed by atoms with Crippen molar-refractivity contribution in [2.24, 2.45) is 0 Å². The Labute approximate surface area is 220 Å². The summed E-state index contributed by atoms with van der Waals surface area (Å²) in [5.41, 5.74) is 4.34. The highest BCUT2D eigenvalue weighted by Crippen LogP contribution is 2.21. The van der Waals surface area contributed by atoms with Gasteiger partial charge >= 0.3 is 11.9 Å². The van der Waals surface area contributed by atoms with Crippen LogP contribution in [0, 0.1) is 27.7 Å². The van der Waals surface area contributed by atoms with Crippen LogP contribution >= 0.6 is 0 Å². The molecule has 4 aromatic rings. The maximum atomic E-state index is 13.2. The van der Waals surface area contributed by atoms with Crippen LogP contribution < -0.4 is 0 Å². The fourth-order valence-electron chi connectivity index (χ4n) is 4.10. The number of benzene rings is 4. The maximum absolute atomic E-state index is 13.2. The van der Waals surface area contributed by atoms with Crippen LogP contribution in [0.1, 0.15) is 74.8 Å². The van der Waals surface area contributed by atoms with E-state index < -0.39 is 11.9 Å². The fourth-order valence-corrected chi connectivity index (χ4v) is 4.10. The van der Waals surface area contributed by atoms with Crippen molar-refractivity contribution in [2.45, 2.75) is 27.7 Å². The van der Waals surface area contributed by atoms with Gasteiger partial charge in [0.05, 0.1) is 11.1 Å². The van der Waals surface area contributed by atoms with Crippen LogP contribution in [-0.2, 0) is 9.78 Å². The van der Waals surface area contributed by atoms with Crippen LogP contribution in [0.4, 0.5) is 0 Å². The number of hydrogen-bond donors (Lipinski definition) is 0. The van der Waals surface area contributed by atoms with Gasteiger partial charge in [-0.3, -0.25) is 9.59 Å². The lowest BCUT2D eigenvalue weighted by molar-refractivity contribution is -0.187. The van der Waals surface area contributed by atoms with E-state index in [0.717, 1.165) is 22.3 Å². The summed E-state index contributed by atoms with van der Waals surface area (Å²) in [5.74, 6) is -2.73. The number of aryl methyl sites for hydroxylation is 4. The molecule has 6 nitrogen and oxygen atoms in total. The van der Waals surface area contributed by atoms with Crippen LogP contribution in [0.5, 0.6) is 0 Å². The molecule has 0 unspecified atom stereocenters. The van der Waals surface area contributed by atoms with E-state index in [-0.39, 0.29) is 33.8 Å². The van der Waals surface area contributed by atoms with Crippen LogP contribution in [0.2, 0.25) is 0 Å². The summed E-state index contributed by atoms with van der Waals surface area (Å²) in [6.45, 7) is 7.33. The molecule has 0 spiro atoms. The van der Waals surface area contributed by atoms with Crippen molar-refractivity contribution >= 4 is 23.5 Å². The molecule has 0 amide bonds. The third-order valence-corrected chi connectivity index (χ3v) is 6.03. The van der Waals surface area contributed by atoms with Crippen molar-refractivity contribution in [3.63, 3.8) is 0 Å². The lowest BCUT2D eigenvalue weighted by Crippen LogP contribution is -2.18. The monoisotopic (exact) mass is 506 g/mol.